The van der Waals surface area contributed by atoms with Crippen LogP contribution in [0, 0.1) is 18.8 Å². The van der Waals surface area contributed by atoms with Crippen LogP contribution in [0.15, 0.2) is 59.1 Å². The van der Waals surface area contributed by atoms with Crippen molar-refractivity contribution in [1.29, 1.82) is 0 Å². The molecule has 0 aliphatic carbocycles. The number of nitrogens with zero attached hydrogens (tertiary/aromatic N) is 1. The molecule has 32 heavy (non-hydrogen) atoms. The van der Waals surface area contributed by atoms with Crippen LogP contribution < -0.4 is 5.32 Å². The van der Waals surface area contributed by atoms with E-state index in [9.17, 15) is 9.59 Å². The number of rotatable bonds is 4. The Balaban J connectivity index is 1.51. The predicted octanol–water partition coefficient (Wildman–Crippen LogP) is 4.87. The van der Waals surface area contributed by atoms with Gasteiger partial charge in [0.1, 0.15) is 17.5 Å². The molecule has 0 aliphatic rings. The Kier molecular flexibility index (Phi) is 5.64. The lowest BCUT2D eigenvalue weighted by Crippen LogP contribution is -2.16. The first-order valence-corrected chi connectivity index (χ1v) is 9.77. The van der Waals surface area contributed by atoms with Crippen molar-refractivity contribution in [3.8, 4) is 11.8 Å². The molecule has 0 saturated heterocycles. The molecule has 0 radical (unpaired) electrons. The maximum Gasteiger partial charge on any atom is 0.412 e. The van der Waals surface area contributed by atoms with E-state index >= 15 is 0 Å². The number of anilines is 1. The SMILES string of the molecule is Cc1noc(C#Cc2cc3ccc(C(=O)O)cc3[nH]2)c1NC(=O)OC(C)c1ccccc1. The van der Waals surface area contributed by atoms with Crippen molar-refractivity contribution < 1.29 is 24.0 Å². The van der Waals surface area contributed by atoms with Gasteiger partial charge < -0.3 is 19.4 Å². The van der Waals surface area contributed by atoms with Gasteiger partial charge in [-0.3, -0.25) is 5.32 Å². The number of carboxylic acids is 1. The Morgan fingerprint density at radius 3 is 2.69 bits per heavy atom. The van der Waals surface area contributed by atoms with Crippen molar-refractivity contribution in [2.75, 3.05) is 5.32 Å². The average molecular weight is 429 g/mol. The van der Waals surface area contributed by atoms with Crippen molar-refractivity contribution in [3.05, 3.63) is 82.9 Å². The van der Waals surface area contributed by atoms with Gasteiger partial charge in [0, 0.05) is 10.9 Å². The third-order valence-electron chi connectivity index (χ3n) is 4.82. The highest BCUT2D eigenvalue weighted by molar-refractivity contribution is 5.93. The largest absolute Gasteiger partial charge is 0.478 e. The minimum absolute atomic E-state index is 0.177. The van der Waals surface area contributed by atoms with E-state index in [-0.39, 0.29) is 11.3 Å². The first kappa shape index (κ1) is 20.8. The number of aryl methyl sites for hydroxylation is 1. The molecule has 1 amide bonds. The molecule has 0 fully saturated rings. The first-order chi connectivity index (χ1) is 15.4. The third-order valence-corrected chi connectivity index (χ3v) is 4.82. The number of H-pyrrole nitrogens is 1. The number of carbonyl (C=O) groups is 2. The topological polar surface area (TPSA) is 117 Å². The molecule has 2 aromatic carbocycles. The standard InChI is InChI=1S/C24H19N3O5/c1-14-22(26-24(30)31-15(2)16-6-4-3-5-7-16)21(32-27-14)11-10-19-12-17-8-9-18(23(28)29)13-20(17)25-19/h3-9,12-13,15,25H,1-2H3,(H,26,30)(H,28,29). The summed E-state index contributed by atoms with van der Waals surface area (Å²) in [5, 5.41) is 16.5. The number of benzene rings is 2. The molecule has 1 atom stereocenters. The molecule has 0 saturated carbocycles. The molecule has 4 rings (SSSR count). The van der Waals surface area contributed by atoms with Gasteiger partial charge in [-0.15, -0.1) is 0 Å². The van der Waals surface area contributed by atoms with E-state index in [4.69, 9.17) is 14.4 Å². The highest BCUT2D eigenvalue weighted by atomic mass is 16.6. The van der Waals surface area contributed by atoms with Crippen molar-refractivity contribution >= 4 is 28.7 Å². The zero-order valence-corrected chi connectivity index (χ0v) is 17.3. The van der Waals surface area contributed by atoms with E-state index in [0.29, 0.717) is 22.6 Å². The van der Waals surface area contributed by atoms with E-state index in [2.05, 4.69) is 27.3 Å². The minimum Gasteiger partial charge on any atom is -0.478 e. The Morgan fingerprint density at radius 1 is 1.16 bits per heavy atom. The molecule has 8 heteroatoms. The second-order valence-electron chi connectivity index (χ2n) is 7.10. The van der Waals surface area contributed by atoms with Gasteiger partial charge in [-0.05, 0) is 49.5 Å². The van der Waals surface area contributed by atoms with Crippen molar-refractivity contribution in [2.45, 2.75) is 20.0 Å². The van der Waals surface area contributed by atoms with Crippen LogP contribution in [0.25, 0.3) is 10.9 Å². The molecule has 1 unspecified atom stereocenters. The Morgan fingerprint density at radius 2 is 1.94 bits per heavy atom. The monoisotopic (exact) mass is 429 g/mol. The molecule has 3 N–H and O–H groups in total. The van der Waals surface area contributed by atoms with Gasteiger partial charge in [0.15, 0.2) is 0 Å². The van der Waals surface area contributed by atoms with Crippen LogP contribution in [-0.4, -0.2) is 27.3 Å². The van der Waals surface area contributed by atoms with Crippen LogP contribution >= 0.6 is 0 Å². The van der Waals surface area contributed by atoms with Crippen molar-refractivity contribution in [2.24, 2.45) is 0 Å². The lowest BCUT2D eigenvalue weighted by Gasteiger charge is -2.13. The summed E-state index contributed by atoms with van der Waals surface area (Å²) in [7, 11) is 0. The molecule has 2 heterocycles. The molecule has 0 bridgehead atoms. The third kappa shape index (κ3) is 4.47. The summed E-state index contributed by atoms with van der Waals surface area (Å²) in [5.74, 6) is 4.93. The van der Waals surface area contributed by atoms with Crippen LogP contribution in [0.1, 0.15) is 46.1 Å². The van der Waals surface area contributed by atoms with Crippen LogP contribution in [0.2, 0.25) is 0 Å². The normalized spacial score (nSPS) is 11.4. The predicted molar refractivity (Wildman–Crippen MR) is 117 cm³/mol. The summed E-state index contributed by atoms with van der Waals surface area (Å²) in [6.45, 7) is 3.46. The Hall–Kier alpha value is -4.51. The second-order valence-corrected chi connectivity index (χ2v) is 7.10. The number of aromatic nitrogens is 2. The molecule has 4 aromatic rings. The van der Waals surface area contributed by atoms with E-state index in [0.717, 1.165) is 10.9 Å². The molecule has 8 nitrogen and oxygen atoms in total. The number of carboxylic acid groups (broad SMARTS) is 1. The maximum absolute atomic E-state index is 12.4. The average Bonchev–Trinajstić information content (AvgIpc) is 3.35. The Bertz CT molecular complexity index is 1360. The Labute approximate surface area is 183 Å². The van der Waals surface area contributed by atoms with Gasteiger partial charge in [-0.25, -0.2) is 9.59 Å². The van der Waals surface area contributed by atoms with E-state index in [1.807, 2.05) is 30.3 Å². The van der Waals surface area contributed by atoms with E-state index in [1.54, 1.807) is 32.0 Å². The number of aromatic carboxylic acids is 1. The van der Waals surface area contributed by atoms with Gasteiger partial charge in [0.25, 0.3) is 0 Å². The van der Waals surface area contributed by atoms with Gasteiger partial charge in [-0.2, -0.15) is 0 Å². The second kappa shape index (κ2) is 8.70. The fraction of sp³-hybridized carbons (Fsp3) is 0.125. The van der Waals surface area contributed by atoms with Crippen LogP contribution in [0.4, 0.5) is 10.5 Å². The molecule has 0 aliphatic heterocycles. The summed E-state index contributed by atoms with van der Waals surface area (Å²) in [6.07, 6.45) is -1.09. The maximum atomic E-state index is 12.4. The lowest BCUT2D eigenvalue weighted by atomic mass is 10.1. The van der Waals surface area contributed by atoms with Crippen LogP contribution in [-0.2, 0) is 4.74 Å². The van der Waals surface area contributed by atoms with Crippen LogP contribution in [0.5, 0.6) is 0 Å². The lowest BCUT2D eigenvalue weighted by molar-refractivity contribution is 0.0697. The summed E-state index contributed by atoms with van der Waals surface area (Å²) in [4.78, 5) is 26.6. The number of ether oxygens (including phenoxy) is 1. The van der Waals surface area contributed by atoms with Gasteiger partial charge >= 0.3 is 12.1 Å². The number of aromatic amines is 1. The van der Waals surface area contributed by atoms with Gasteiger partial charge in [0.2, 0.25) is 5.76 Å². The van der Waals surface area contributed by atoms with Crippen LogP contribution in [0.3, 0.4) is 0 Å². The van der Waals surface area contributed by atoms with Gasteiger partial charge in [-0.1, -0.05) is 41.6 Å². The zero-order chi connectivity index (χ0) is 22.7. The van der Waals surface area contributed by atoms with Crippen molar-refractivity contribution in [1.82, 2.24) is 10.1 Å². The van der Waals surface area contributed by atoms with E-state index < -0.39 is 18.2 Å². The zero-order valence-electron chi connectivity index (χ0n) is 17.3. The fourth-order valence-electron chi connectivity index (χ4n) is 3.14. The number of fused-ring (bicyclic) bond motifs is 1. The molecule has 2 aromatic heterocycles. The van der Waals surface area contributed by atoms with E-state index in [1.165, 1.54) is 6.07 Å². The van der Waals surface area contributed by atoms with Gasteiger partial charge in [0.05, 0.1) is 11.3 Å². The number of carbonyl (C=O) groups excluding carboxylic acids is 1. The molecular weight excluding hydrogens is 410 g/mol. The smallest absolute Gasteiger partial charge is 0.412 e. The first-order valence-electron chi connectivity index (χ1n) is 9.77. The molecule has 0 spiro atoms. The summed E-state index contributed by atoms with van der Waals surface area (Å²) in [6, 6.07) is 15.9. The fourth-order valence-corrected chi connectivity index (χ4v) is 3.14. The number of hydrogen-bond acceptors (Lipinski definition) is 5. The summed E-state index contributed by atoms with van der Waals surface area (Å²) < 4.78 is 10.7. The number of nitrogens with one attached hydrogen (secondary N) is 2. The highest BCUT2D eigenvalue weighted by Crippen LogP contribution is 2.22. The minimum atomic E-state index is -1.00. The number of hydrogen-bond donors (Lipinski definition) is 3. The molecule has 160 valence electrons. The molecular formula is C24H19N3O5. The summed E-state index contributed by atoms with van der Waals surface area (Å²) in [5.41, 5.74) is 3.05. The van der Waals surface area contributed by atoms with Crippen molar-refractivity contribution in [3.63, 3.8) is 0 Å². The summed E-state index contributed by atoms with van der Waals surface area (Å²) >= 11 is 0. The number of amides is 1. The highest BCUT2D eigenvalue weighted by Gasteiger charge is 2.17. The quantitative estimate of drug-likeness (QED) is 0.398.